The van der Waals surface area contributed by atoms with Crippen molar-refractivity contribution < 1.29 is 4.74 Å². The van der Waals surface area contributed by atoms with Crippen LogP contribution >= 0.6 is 0 Å². The molecular formula is C10H21NO. The Kier molecular flexibility index (Phi) is 2.26. The summed E-state index contributed by atoms with van der Waals surface area (Å²) < 4.78 is 5.07. The highest BCUT2D eigenvalue weighted by Crippen LogP contribution is 2.69. The predicted octanol–water partition coefficient (Wildman–Crippen LogP) is 1.64. The van der Waals surface area contributed by atoms with Crippen molar-refractivity contribution in [1.29, 1.82) is 0 Å². The van der Waals surface area contributed by atoms with E-state index in [-0.39, 0.29) is 6.04 Å². The molecule has 0 radical (unpaired) electrons. The summed E-state index contributed by atoms with van der Waals surface area (Å²) in [5, 5.41) is 0. The van der Waals surface area contributed by atoms with Gasteiger partial charge in [-0.05, 0) is 16.7 Å². The third-order valence-electron chi connectivity index (χ3n) is 3.92. The van der Waals surface area contributed by atoms with E-state index in [1.807, 2.05) is 0 Å². The molecule has 2 N–H and O–H groups in total. The first-order valence-corrected chi connectivity index (χ1v) is 4.60. The largest absolute Gasteiger partial charge is 0.383 e. The van der Waals surface area contributed by atoms with Crippen molar-refractivity contribution in [3.05, 3.63) is 0 Å². The fourth-order valence-electron chi connectivity index (χ4n) is 2.61. The van der Waals surface area contributed by atoms with Gasteiger partial charge in [-0.1, -0.05) is 27.7 Å². The van der Waals surface area contributed by atoms with Crippen molar-refractivity contribution in [3.8, 4) is 0 Å². The molecule has 1 aliphatic rings. The zero-order valence-electron chi connectivity index (χ0n) is 8.85. The molecule has 1 fully saturated rings. The maximum atomic E-state index is 6.02. The van der Waals surface area contributed by atoms with Crippen molar-refractivity contribution in [3.63, 3.8) is 0 Å². The third-order valence-corrected chi connectivity index (χ3v) is 3.92. The molecule has 0 aliphatic heterocycles. The van der Waals surface area contributed by atoms with Gasteiger partial charge in [-0.3, -0.25) is 0 Å². The van der Waals surface area contributed by atoms with E-state index < -0.39 is 0 Å². The van der Waals surface area contributed by atoms with E-state index in [0.29, 0.717) is 23.4 Å². The normalized spacial score (nSPS) is 28.5. The molecule has 12 heavy (non-hydrogen) atoms. The van der Waals surface area contributed by atoms with E-state index in [0.717, 1.165) is 0 Å². The van der Waals surface area contributed by atoms with Gasteiger partial charge in [0.05, 0.1) is 6.61 Å². The van der Waals surface area contributed by atoms with Gasteiger partial charge in [0.15, 0.2) is 0 Å². The molecule has 0 heterocycles. The zero-order chi connectivity index (χ0) is 9.57. The molecule has 0 aromatic carbocycles. The average Bonchev–Trinajstić information content (AvgIpc) is 2.24. The second-order valence-corrected chi connectivity index (χ2v) is 5.04. The SMILES string of the molecule is COCC(N)C1C(C)(C)C1(C)C. The topological polar surface area (TPSA) is 35.2 Å². The Morgan fingerprint density at radius 2 is 1.67 bits per heavy atom. The fraction of sp³-hybridized carbons (Fsp3) is 1.00. The molecule has 1 saturated carbocycles. The van der Waals surface area contributed by atoms with Gasteiger partial charge in [-0.2, -0.15) is 0 Å². The highest BCUT2D eigenvalue weighted by atomic mass is 16.5. The zero-order valence-corrected chi connectivity index (χ0v) is 8.85. The molecule has 0 saturated heterocycles. The van der Waals surface area contributed by atoms with Crippen LogP contribution in [0.2, 0.25) is 0 Å². The van der Waals surface area contributed by atoms with Crippen LogP contribution in [0.25, 0.3) is 0 Å². The van der Waals surface area contributed by atoms with Crippen molar-refractivity contribution in [1.82, 2.24) is 0 Å². The quantitative estimate of drug-likeness (QED) is 0.700. The summed E-state index contributed by atoms with van der Waals surface area (Å²) in [6.07, 6.45) is 0. The van der Waals surface area contributed by atoms with Gasteiger partial charge in [0.1, 0.15) is 0 Å². The standard InChI is InChI=1S/C10H21NO/c1-9(2)8(10(9,3)4)7(11)6-12-5/h7-8H,6,11H2,1-5H3. The van der Waals surface area contributed by atoms with Crippen LogP contribution in [0.3, 0.4) is 0 Å². The molecule has 1 aliphatic carbocycles. The number of hydrogen-bond acceptors (Lipinski definition) is 2. The molecular weight excluding hydrogens is 150 g/mol. The van der Waals surface area contributed by atoms with Crippen molar-refractivity contribution >= 4 is 0 Å². The lowest BCUT2D eigenvalue weighted by Gasteiger charge is -2.11. The van der Waals surface area contributed by atoms with Gasteiger partial charge in [-0.15, -0.1) is 0 Å². The molecule has 0 spiro atoms. The molecule has 1 rings (SSSR count). The Bertz CT molecular complexity index is 161. The lowest BCUT2D eigenvalue weighted by Crippen LogP contribution is -2.30. The van der Waals surface area contributed by atoms with Crippen molar-refractivity contribution in [2.45, 2.75) is 33.7 Å². The van der Waals surface area contributed by atoms with Gasteiger partial charge in [0.25, 0.3) is 0 Å². The summed E-state index contributed by atoms with van der Waals surface area (Å²) in [6, 6.07) is 0.194. The lowest BCUT2D eigenvalue weighted by atomic mass is 10.0. The van der Waals surface area contributed by atoms with E-state index in [1.165, 1.54) is 0 Å². The molecule has 0 bridgehead atoms. The molecule has 1 unspecified atom stereocenters. The summed E-state index contributed by atoms with van der Waals surface area (Å²) in [5.74, 6) is 0.602. The maximum Gasteiger partial charge on any atom is 0.0616 e. The third kappa shape index (κ3) is 1.17. The van der Waals surface area contributed by atoms with E-state index in [2.05, 4.69) is 27.7 Å². The average molecular weight is 171 g/mol. The van der Waals surface area contributed by atoms with Crippen molar-refractivity contribution in [2.75, 3.05) is 13.7 Å². The van der Waals surface area contributed by atoms with E-state index in [1.54, 1.807) is 7.11 Å². The van der Waals surface area contributed by atoms with Crippen molar-refractivity contribution in [2.24, 2.45) is 22.5 Å². The van der Waals surface area contributed by atoms with Crippen LogP contribution in [0.5, 0.6) is 0 Å². The molecule has 2 heteroatoms. The Morgan fingerprint density at radius 1 is 1.25 bits per heavy atom. The first-order valence-electron chi connectivity index (χ1n) is 4.60. The van der Waals surface area contributed by atoms with Crippen LogP contribution in [-0.4, -0.2) is 19.8 Å². The van der Waals surface area contributed by atoms with Crippen LogP contribution in [0.4, 0.5) is 0 Å². The lowest BCUT2D eigenvalue weighted by molar-refractivity contribution is 0.165. The molecule has 0 amide bonds. The minimum Gasteiger partial charge on any atom is -0.383 e. The van der Waals surface area contributed by atoms with Crippen LogP contribution in [-0.2, 0) is 4.74 Å². The highest BCUT2D eigenvalue weighted by molar-refractivity contribution is 5.15. The number of rotatable bonds is 3. The van der Waals surface area contributed by atoms with E-state index >= 15 is 0 Å². The predicted molar refractivity (Wildman–Crippen MR) is 50.9 cm³/mol. The first-order chi connectivity index (χ1) is 5.35. The summed E-state index contributed by atoms with van der Waals surface area (Å²) in [5.41, 5.74) is 6.78. The first kappa shape index (κ1) is 10.0. The van der Waals surface area contributed by atoms with Gasteiger partial charge in [0.2, 0.25) is 0 Å². The van der Waals surface area contributed by atoms with Crippen LogP contribution in [0.1, 0.15) is 27.7 Å². The van der Waals surface area contributed by atoms with Gasteiger partial charge < -0.3 is 10.5 Å². The summed E-state index contributed by atoms with van der Waals surface area (Å²) in [7, 11) is 1.71. The highest BCUT2D eigenvalue weighted by Gasteiger charge is 2.66. The Labute approximate surface area is 75.5 Å². The number of ether oxygens (including phenoxy) is 1. The molecule has 2 nitrogen and oxygen atoms in total. The summed E-state index contributed by atoms with van der Waals surface area (Å²) >= 11 is 0. The van der Waals surface area contributed by atoms with Crippen LogP contribution in [0.15, 0.2) is 0 Å². The summed E-state index contributed by atoms with van der Waals surface area (Å²) in [6.45, 7) is 9.82. The Morgan fingerprint density at radius 3 is 1.92 bits per heavy atom. The van der Waals surface area contributed by atoms with E-state index in [4.69, 9.17) is 10.5 Å². The van der Waals surface area contributed by atoms with Crippen LogP contribution < -0.4 is 5.73 Å². The molecule has 0 aromatic heterocycles. The number of nitrogens with two attached hydrogens (primary N) is 1. The number of hydrogen-bond donors (Lipinski definition) is 1. The minimum atomic E-state index is 0.194. The second-order valence-electron chi connectivity index (χ2n) is 5.04. The smallest absolute Gasteiger partial charge is 0.0616 e. The Balaban J connectivity index is 2.58. The fourth-order valence-corrected chi connectivity index (χ4v) is 2.61. The molecule has 0 aromatic rings. The van der Waals surface area contributed by atoms with Gasteiger partial charge >= 0.3 is 0 Å². The van der Waals surface area contributed by atoms with Gasteiger partial charge in [-0.25, -0.2) is 0 Å². The van der Waals surface area contributed by atoms with E-state index in [9.17, 15) is 0 Å². The summed E-state index contributed by atoms with van der Waals surface area (Å²) in [4.78, 5) is 0. The second kappa shape index (κ2) is 2.71. The van der Waals surface area contributed by atoms with Crippen LogP contribution in [0, 0.1) is 16.7 Å². The monoisotopic (exact) mass is 171 g/mol. The molecule has 72 valence electrons. The Hall–Kier alpha value is -0.0800. The van der Waals surface area contributed by atoms with Gasteiger partial charge in [0, 0.05) is 13.2 Å². The number of methoxy groups -OCH3 is 1. The molecule has 1 atom stereocenters. The minimum absolute atomic E-state index is 0.194. The maximum absolute atomic E-state index is 6.02.